The molecule has 8 nitrogen and oxygen atoms in total. The first kappa shape index (κ1) is 27.7. The van der Waals surface area contributed by atoms with E-state index in [1.54, 1.807) is 6.08 Å². The van der Waals surface area contributed by atoms with Crippen molar-refractivity contribution in [1.29, 1.82) is 0 Å². The van der Waals surface area contributed by atoms with E-state index in [-0.39, 0.29) is 42.2 Å². The largest absolute Gasteiger partial charge is 0.390 e. The van der Waals surface area contributed by atoms with Crippen molar-refractivity contribution < 1.29 is 37.5 Å². The molecule has 1 heterocycles. The predicted molar refractivity (Wildman–Crippen MR) is 137 cm³/mol. The van der Waals surface area contributed by atoms with Crippen molar-refractivity contribution in [1.82, 2.24) is 0 Å². The van der Waals surface area contributed by atoms with Gasteiger partial charge in [0.05, 0.1) is 35.3 Å². The summed E-state index contributed by atoms with van der Waals surface area (Å²) in [7, 11) is -3.79. The van der Waals surface area contributed by atoms with Crippen LogP contribution in [0, 0.1) is 28.6 Å². The summed E-state index contributed by atoms with van der Waals surface area (Å²) in [4.78, 5) is 13.5. The molecule has 0 aromatic heterocycles. The molecule has 0 aromatic rings. The van der Waals surface area contributed by atoms with E-state index in [9.17, 15) is 28.5 Å². The lowest BCUT2D eigenvalue weighted by Crippen LogP contribution is -2.63. The molecule has 210 valence electrons. The second-order valence-electron chi connectivity index (χ2n) is 14.0. The summed E-state index contributed by atoms with van der Waals surface area (Å²) in [6.07, 6.45) is 4.72. The van der Waals surface area contributed by atoms with Gasteiger partial charge in [0.15, 0.2) is 5.78 Å². The van der Waals surface area contributed by atoms with Crippen molar-refractivity contribution in [2.24, 2.45) is 28.6 Å². The van der Waals surface area contributed by atoms with Crippen LogP contribution in [-0.2, 0) is 23.8 Å². The topological polar surface area (TPSA) is 130 Å². The first-order chi connectivity index (χ1) is 16.8. The molecule has 9 heteroatoms. The van der Waals surface area contributed by atoms with Gasteiger partial charge in [-0.2, -0.15) is 8.42 Å². The van der Waals surface area contributed by atoms with Crippen LogP contribution in [0.3, 0.4) is 0 Å². The minimum Gasteiger partial charge on any atom is -0.390 e. The van der Waals surface area contributed by atoms with Crippen LogP contribution >= 0.6 is 0 Å². The SMILES string of the molecule is CC1(C)CC[C@H]([C@](C)(O)[C@H]2CC[C@@]3(O)C4=CC(=O)[C@@H]5C[C@@H](O)[C@@H](OS(C)(=O)=O)C[C@]5(C)[C@H]4CC[C@]23C)O1. The number of hydrogen-bond donors (Lipinski definition) is 3. The Labute approximate surface area is 220 Å². The molecule has 0 radical (unpaired) electrons. The highest BCUT2D eigenvalue weighted by molar-refractivity contribution is 7.86. The van der Waals surface area contributed by atoms with Crippen molar-refractivity contribution >= 4 is 15.9 Å². The van der Waals surface area contributed by atoms with Gasteiger partial charge in [0.2, 0.25) is 0 Å². The van der Waals surface area contributed by atoms with Gasteiger partial charge in [-0.3, -0.25) is 8.98 Å². The average Bonchev–Trinajstić information content (AvgIpc) is 3.26. The molecule has 1 saturated heterocycles. The molecule has 0 unspecified atom stereocenters. The first-order valence-electron chi connectivity index (χ1n) is 13.8. The Morgan fingerprint density at radius 2 is 1.76 bits per heavy atom. The van der Waals surface area contributed by atoms with E-state index in [1.807, 2.05) is 27.7 Å². The molecule has 1 aliphatic heterocycles. The van der Waals surface area contributed by atoms with Gasteiger partial charge in [0, 0.05) is 11.3 Å². The number of allylic oxidation sites excluding steroid dienone is 1. The van der Waals surface area contributed by atoms with Crippen molar-refractivity contribution in [2.45, 2.75) is 121 Å². The van der Waals surface area contributed by atoms with Crippen molar-refractivity contribution in [3.63, 3.8) is 0 Å². The summed E-state index contributed by atoms with van der Waals surface area (Å²) in [6, 6.07) is 0. The van der Waals surface area contributed by atoms with Crippen molar-refractivity contribution in [2.75, 3.05) is 6.26 Å². The summed E-state index contributed by atoms with van der Waals surface area (Å²) in [5, 5.41) is 35.0. The van der Waals surface area contributed by atoms with Gasteiger partial charge in [-0.15, -0.1) is 0 Å². The molecular weight excluding hydrogens is 496 g/mol. The van der Waals surface area contributed by atoms with E-state index >= 15 is 0 Å². The molecule has 0 aromatic carbocycles. The summed E-state index contributed by atoms with van der Waals surface area (Å²) in [5.74, 6) is -0.935. The number of carbonyl (C=O) groups is 1. The van der Waals surface area contributed by atoms with E-state index < -0.39 is 50.3 Å². The van der Waals surface area contributed by atoms with Crippen LogP contribution in [0.2, 0.25) is 0 Å². The first-order valence-corrected chi connectivity index (χ1v) is 15.6. The molecule has 0 spiro atoms. The van der Waals surface area contributed by atoms with Crippen LogP contribution in [0.15, 0.2) is 11.6 Å². The summed E-state index contributed by atoms with van der Waals surface area (Å²) in [6.45, 7) is 9.97. The zero-order chi connectivity index (χ0) is 27.4. The van der Waals surface area contributed by atoms with Crippen LogP contribution in [-0.4, -0.2) is 70.9 Å². The minimum atomic E-state index is -3.79. The zero-order valence-corrected chi connectivity index (χ0v) is 23.8. The fourth-order valence-corrected chi connectivity index (χ4v) is 9.87. The number of fused-ring (bicyclic) bond motifs is 5. The third-order valence-corrected chi connectivity index (χ3v) is 11.8. The van der Waals surface area contributed by atoms with E-state index in [2.05, 4.69) is 6.92 Å². The van der Waals surface area contributed by atoms with Gasteiger partial charge in [-0.05, 0) is 101 Å². The van der Waals surface area contributed by atoms with E-state index in [0.717, 1.165) is 19.1 Å². The van der Waals surface area contributed by atoms with Gasteiger partial charge in [0.25, 0.3) is 10.1 Å². The maximum absolute atomic E-state index is 13.5. The maximum Gasteiger partial charge on any atom is 0.264 e. The summed E-state index contributed by atoms with van der Waals surface area (Å²) >= 11 is 0. The smallest absolute Gasteiger partial charge is 0.264 e. The lowest BCUT2D eigenvalue weighted by atomic mass is 9.45. The van der Waals surface area contributed by atoms with Gasteiger partial charge in [-0.1, -0.05) is 13.8 Å². The maximum atomic E-state index is 13.5. The Bertz CT molecular complexity index is 1110. The molecule has 37 heavy (non-hydrogen) atoms. The Kier molecular flexibility index (Phi) is 6.24. The Morgan fingerprint density at radius 3 is 2.35 bits per heavy atom. The monoisotopic (exact) mass is 540 g/mol. The third-order valence-electron chi connectivity index (χ3n) is 11.2. The van der Waals surface area contributed by atoms with Crippen molar-refractivity contribution in [3.05, 3.63) is 11.6 Å². The molecule has 4 fully saturated rings. The number of carbonyl (C=O) groups excluding carboxylic acids is 1. The number of ketones is 1. The number of ether oxygens (including phenoxy) is 1. The number of hydrogen-bond acceptors (Lipinski definition) is 8. The van der Waals surface area contributed by atoms with Crippen LogP contribution in [0.4, 0.5) is 0 Å². The summed E-state index contributed by atoms with van der Waals surface area (Å²) < 4.78 is 35.3. The molecule has 4 aliphatic carbocycles. The Morgan fingerprint density at radius 1 is 1.08 bits per heavy atom. The van der Waals surface area contributed by atoms with Crippen LogP contribution in [0.1, 0.15) is 86.0 Å². The lowest BCUT2D eigenvalue weighted by Gasteiger charge is -2.61. The van der Waals surface area contributed by atoms with Gasteiger partial charge < -0.3 is 20.1 Å². The fourth-order valence-electron chi connectivity index (χ4n) is 9.23. The average molecular weight is 541 g/mol. The van der Waals surface area contributed by atoms with Crippen LogP contribution in [0.25, 0.3) is 0 Å². The fraction of sp³-hybridized carbons (Fsp3) is 0.893. The quantitative estimate of drug-likeness (QED) is 0.464. The second kappa shape index (κ2) is 8.33. The van der Waals surface area contributed by atoms with Crippen LogP contribution in [0.5, 0.6) is 0 Å². The summed E-state index contributed by atoms with van der Waals surface area (Å²) in [5.41, 5.74) is -3.26. The van der Waals surface area contributed by atoms with Gasteiger partial charge in [-0.25, -0.2) is 0 Å². The molecular formula is C28H44O8S. The van der Waals surface area contributed by atoms with E-state index in [0.29, 0.717) is 31.3 Å². The predicted octanol–water partition coefficient (Wildman–Crippen LogP) is 2.88. The highest BCUT2D eigenvalue weighted by Gasteiger charge is 2.69. The Hall–Kier alpha value is -0.840. The molecule has 10 atom stereocenters. The molecule has 3 N–H and O–H groups in total. The third kappa shape index (κ3) is 4.10. The Balaban J connectivity index is 1.49. The van der Waals surface area contributed by atoms with E-state index in [1.165, 1.54) is 0 Å². The highest BCUT2D eigenvalue weighted by Crippen LogP contribution is 2.69. The lowest BCUT2D eigenvalue weighted by molar-refractivity contribution is -0.187. The zero-order valence-electron chi connectivity index (χ0n) is 23.0. The van der Waals surface area contributed by atoms with Crippen LogP contribution < -0.4 is 0 Å². The molecule has 0 amide bonds. The molecule has 0 bridgehead atoms. The van der Waals surface area contributed by atoms with Crippen molar-refractivity contribution in [3.8, 4) is 0 Å². The number of rotatable bonds is 4. The second-order valence-corrected chi connectivity index (χ2v) is 15.6. The number of aliphatic hydroxyl groups is 3. The van der Waals surface area contributed by atoms with E-state index in [4.69, 9.17) is 8.92 Å². The minimum absolute atomic E-state index is 0.126. The standard InChI is InChI=1S/C28H44O8S/c1-24(2)10-9-23(35-24)27(5,31)22-8-12-28(32)17-13-19(29)18-14-20(30)21(36-37(6,33)34)15-25(18,3)16(17)7-11-26(22,28)4/h13,16,18,20-23,30-32H,7-12,14-15H2,1-6H3/t16-,18-,20+,21-,22-,23+,25+,26+,27+,28+/m0/s1. The highest BCUT2D eigenvalue weighted by atomic mass is 32.2. The number of aliphatic hydroxyl groups excluding tert-OH is 1. The van der Waals surface area contributed by atoms with Gasteiger partial charge in [0.1, 0.15) is 6.10 Å². The van der Waals surface area contributed by atoms with Gasteiger partial charge >= 0.3 is 0 Å². The molecule has 5 aliphatic rings. The molecule has 5 rings (SSSR count). The normalized spacial score (nSPS) is 49.0. The molecule has 3 saturated carbocycles.